The van der Waals surface area contributed by atoms with Crippen LogP contribution in [0.15, 0.2) is 12.7 Å². The molecule has 0 spiro atoms. The minimum Gasteiger partial charge on any atom is -0.380 e. The normalized spacial score (nSPS) is 29.2. The van der Waals surface area contributed by atoms with Crippen LogP contribution in [0.25, 0.3) is 0 Å². The summed E-state index contributed by atoms with van der Waals surface area (Å²) in [6.45, 7) is 3.49. The van der Waals surface area contributed by atoms with Crippen molar-refractivity contribution in [1.82, 2.24) is 0 Å². The molecule has 1 rings (SSSR count). The van der Waals surface area contributed by atoms with Crippen molar-refractivity contribution < 1.29 is 49.7 Å². The molecule has 1 fully saturated rings. The van der Waals surface area contributed by atoms with E-state index in [2.05, 4.69) is 6.58 Å². The van der Waals surface area contributed by atoms with Gasteiger partial charge in [0, 0.05) is 5.92 Å². The van der Waals surface area contributed by atoms with Crippen LogP contribution in [0.3, 0.4) is 0 Å². The molecule has 0 aromatic carbocycles. The van der Waals surface area contributed by atoms with E-state index in [-0.39, 0.29) is 0 Å². The zero-order chi connectivity index (χ0) is 20.1. The van der Waals surface area contributed by atoms with Gasteiger partial charge in [-0.15, -0.1) is 6.58 Å². The van der Waals surface area contributed by atoms with Crippen molar-refractivity contribution in [2.75, 3.05) is 0 Å². The predicted octanol–water partition coefficient (Wildman–Crippen LogP) is 4.37. The summed E-state index contributed by atoms with van der Waals surface area (Å²) in [7, 11) is 0. The van der Waals surface area contributed by atoms with Crippen molar-refractivity contribution in [3.05, 3.63) is 12.7 Å². The summed E-state index contributed by atoms with van der Waals surface area (Å²) in [6.07, 6.45) is -19.3. The minimum atomic E-state index is -6.15. The lowest BCUT2D eigenvalue weighted by Gasteiger charge is -2.47. The molecule has 2 nitrogen and oxygen atoms in total. The summed E-state index contributed by atoms with van der Waals surface area (Å²) in [5.74, 6) is -5.73. The molecule has 0 aromatic heterocycles. The van der Waals surface area contributed by atoms with Crippen LogP contribution in [0.5, 0.6) is 0 Å². The highest BCUT2D eigenvalue weighted by atomic mass is 19.4. The second-order valence-corrected chi connectivity index (χ2v) is 6.50. The van der Waals surface area contributed by atoms with Gasteiger partial charge in [0.05, 0.1) is 0 Å². The van der Waals surface area contributed by atoms with Crippen LogP contribution in [-0.2, 0) is 0 Å². The summed E-state index contributed by atoms with van der Waals surface area (Å²) < 4.78 is 117. The van der Waals surface area contributed by atoms with Gasteiger partial charge >= 0.3 is 18.5 Å². The van der Waals surface area contributed by atoms with Crippen LogP contribution in [0.4, 0.5) is 39.5 Å². The lowest BCUT2D eigenvalue weighted by Crippen LogP contribution is -2.64. The summed E-state index contributed by atoms with van der Waals surface area (Å²) in [5, 5.41) is 19.1. The zero-order valence-electron chi connectivity index (χ0n) is 12.9. The third kappa shape index (κ3) is 3.76. The molecule has 0 heterocycles. The van der Waals surface area contributed by atoms with Gasteiger partial charge < -0.3 is 10.2 Å². The van der Waals surface area contributed by atoms with Gasteiger partial charge in [-0.25, -0.2) is 0 Å². The maximum atomic E-state index is 13.0. The molecule has 2 N–H and O–H groups in total. The Bertz CT molecular complexity index is 476. The Labute approximate surface area is 137 Å². The molecule has 1 saturated carbocycles. The molecular weight excluding hydrogens is 371 g/mol. The lowest BCUT2D eigenvalue weighted by atomic mass is 9.64. The molecule has 148 valence electrons. The zero-order valence-corrected chi connectivity index (χ0v) is 12.9. The van der Waals surface area contributed by atoms with E-state index in [1.807, 2.05) is 0 Å². The molecule has 0 radical (unpaired) electrons. The molecule has 25 heavy (non-hydrogen) atoms. The summed E-state index contributed by atoms with van der Waals surface area (Å²) in [6, 6.07) is 0. The average molecular weight is 388 g/mol. The molecular formula is C14H17F9O2. The number of alkyl halides is 9. The van der Waals surface area contributed by atoms with Crippen molar-refractivity contribution in [2.24, 2.45) is 17.8 Å². The summed E-state index contributed by atoms with van der Waals surface area (Å²) in [5.41, 5.74) is -8.69. The lowest BCUT2D eigenvalue weighted by molar-refractivity contribution is -0.390. The number of hydrogen-bond acceptors (Lipinski definition) is 2. The van der Waals surface area contributed by atoms with Crippen LogP contribution in [0, 0.1) is 17.8 Å². The van der Waals surface area contributed by atoms with Crippen molar-refractivity contribution in [2.45, 2.75) is 55.9 Å². The topological polar surface area (TPSA) is 40.5 Å². The van der Waals surface area contributed by atoms with Gasteiger partial charge in [-0.3, -0.25) is 0 Å². The first-order valence-corrected chi connectivity index (χ1v) is 7.17. The molecule has 0 bridgehead atoms. The quantitative estimate of drug-likeness (QED) is 0.557. The first-order chi connectivity index (χ1) is 10.9. The number of hydrogen-bond donors (Lipinski definition) is 2. The van der Waals surface area contributed by atoms with E-state index in [0.717, 1.165) is 6.08 Å². The van der Waals surface area contributed by atoms with Crippen LogP contribution in [0.2, 0.25) is 0 Å². The Morgan fingerprint density at radius 2 is 1.16 bits per heavy atom. The number of halogens is 9. The highest BCUT2D eigenvalue weighted by Gasteiger charge is 2.74. The van der Waals surface area contributed by atoms with Gasteiger partial charge in [0.25, 0.3) is 5.60 Å². The first-order valence-electron chi connectivity index (χ1n) is 7.17. The number of rotatable bonds is 3. The Morgan fingerprint density at radius 3 is 1.48 bits per heavy atom. The minimum absolute atomic E-state index is 0.292. The summed E-state index contributed by atoms with van der Waals surface area (Å²) in [4.78, 5) is 0. The third-order valence-corrected chi connectivity index (χ3v) is 4.90. The van der Waals surface area contributed by atoms with E-state index in [1.165, 1.54) is 0 Å². The Hall–Kier alpha value is -0.970. The van der Waals surface area contributed by atoms with Crippen LogP contribution in [-0.4, -0.2) is 39.9 Å². The summed E-state index contributed by atoms with van der Waals surface area (Å²) >= 11 is 0. The van der Waals surface area contributed by atoms with Crippen molar-refractivity contribution in [3.8, 4) is 0 Å². The van der Waals surface area contributed by atoms with Crippen molar-refractivity contribution in [3.63, 3.8) is 0 Å². The van der Waals surface area contributed by atoms with Gasteiger partial charge in [-0.1, -0.05) is 6.08 Å². The molecule has 1 aliphatic rings. The van der Waals surface area contributed by atoms with E-state index in [0.29, 0.717) is 6.92 Å². The maximum absolute atomic E-state index is 13.0. The largest absolute Gasteiger partial charge is 0.426 e. The fourth-order valence-corrected chi connectivity index (χ4v) is 3.21. The third-order valence-electron chi connectivity index (χ3n) is 4.90. The smallest absolute Gasteiger partial charge is 0.380 e. The molecule has 0 aromatic rings. The monoisotopic (exact) mass is 388 g/mol. The van der Waals surface area contributed by atoms with Gasteiger partial charge in [0.15, 0.2) is 5.60 Å². The molecule has 4 unspecified atom stereocenters. The van der Waals surface area contributed by atoms with E-state index in [1.54, 1.807) is 0 Å². The Balaban J connectivity index is 3.38. The second kappa shape index (κ2) is 6.33. The average Bonchev–Trinajstić information content (AvgIpc) is 2.42. The van der Waals surface area contributed by atoms with E-state index < -0.39 is 66.7 Å². The van der Waals surface area contributed by atoms with Crippen molar-refractivity contribution in [1.29, 1.82) is 0 Å². The SMILES string of the molecule is C=CC1CC(C(C)(O)C(F)(F)F)CC(C(O)(C(F)(F)F)C(F)(F)F)C1. The van der Waals surface area contributed by atoms with E-state index >= 15 is 0 Å². The number of allylic oxidation sites excluding steroid dienone is 1. The molecule has 0 aliphatic heterocycles. The maximum Gasteiger partial charge on any atom is 0.426 e. The predicted molar refractivity (Wildman–Crippen MR) is 68.3 cm³/mol. The van der Waals surface area contributed by atoms with Crippen LogP contribution in [0.1, 0.15) is 26.2 Å². The fraction of sp³-hybridized carbons (Fsp3) is 0.857. The van der Waals surface area contributed by atoms with E-state index in [9.17, 15) is 49.7 Å². The first kappa shape index (κ1) is 22.1. The van der Waals surface area contributed by atoms with Crippen LogP contribution < -0.4 is 0 Å². The molecule has 11 heteroatoms. The van der Waals surface area contributed by atoms with Crippen LogP contribution >= 0.6 is 0 Å². The molecule has 1 aliphatic carbocycles. The van der Waals surface area contributed by atoms with E-state index in [4.69, 9.17) is 0 Å². The Kier molecular flexibility index (Phi) is 5.59. The highest BCUT2D eigenvalue weighted by molar-refractivity contribution is 5.06. The van der Waals surface area contributed by atoms with Gasteiger partial charge in [0.2, 0.25) is 0 Å². The van der Waals surface area contributed by atoms with Gasteiger partial charge in [0.1, 0.15) is 0 Å². The Morgan fingerprint density at radius 1 is 0.760 bits per heavy atom. The highest BCUT2D eigenvalue weighted by Crippen LogP contribution is 2.55. The fourth-order valence-electron chi connectivity index (χ4n) is 3.21. The molecule has 4 atom stereocenters. The number of aliphatic hydroxyl groups is 2. The molecule has 0 amide bonds. The van der Waals surface area contributed by atoms with Gasteiger partial charge in [-0.2, -0.15) is 39.5 Å². The van der Waals surface area contributed by atoms with Crippen molar-refractivity contribution >= 4 is 0 Å². The molecule has 0 saturated heterocycles. The second-order valence-electron chi connectivity index (χ2n) is 6.50. The van der Waals surface area contributed by atoms with Gasteiger partial charge in [-0.05, 0) is 38.0 Å². The standard InChI is InChI=1S/C14H17F9O2/c1-3-7-4-8(10(2,24)12(15,16)17)6-9(5-7)11(25,13(18,19)20)14(21,22)23/h3,7-9,24-25H,1,4-6H2,2H3.